The first-order valence-electron chi connectivity index (χ1n) is 8.63. The van der Waals surface area contributed by atoms with E-state index in [0.717, 1.165) is 48.1 Å². The second-order valence-corrected chi connectivity index (χ2v) is 6.32. The Bertz CT molecular complexity index is 899. The van der Waals surface area contributed by atoms with Crippen LogP contribution in [0.15, 0.2) is 54.9 Å². The number of nitrogens with zero attached hydrogens (tertiary/aromatic N) is 2. The van der Waals surface area contributed by atoms with Crippen molar-refractivity contribution in [1.29, 1.82) is 0 Å². The van der Waals surface area contributed by atoms with Crippen molar-refractivity contribution in [2.75, 3.05) is 13.1 Å². The molecule has 142 valence electrons. The number of piperidine rings is 1. The summed E-state index contributed by atoms with van der Waals surface area (Å²) in [6, 6.07) is 13.6. The number of fused-ring (bicyclic) bond motifs is 1. The number of aromatic nitrogens is 2. The Labute approximate surface area is 170 Å². The molecule has 1 amide bonds. The third kappa shape index (κ3) is 4.75. The highest BCUT2D eigenvalue weighted by Gasteiger charge is 2.19. The van der Waals surface area contributed by atoms with Crippen molar-refractivity contribution < 1.29 is 4.79 Å². The van der Waals surface area contributed by atoms with E-state index in [0.29, 0.717) is 5.56 Å². The zero-order chi connectivity index (χ0) is 17.1. The minimum atomic E-state index is -0.0393. The molecule has 1 aliphatic rings. The van der Waals surface area contributed by atoms with E-state index in [-0.39, 0.29) is 36.8 Å². The smallest absolute Gasteiger partial charge is 0.252 e. The van der Waals surface area contributed by atoms with E-state index >= 15 is 0 Å². The molecule has 1 fully saturated rings. The average molecular weight is 405 g/mol. The van der Waals surface area contributed by atoms with Crippen molar-refractivity contribution >= 4 is 41.6 Å². The van der Waals surface area contributed by atoms with E-state index in [1.807, 2.05) is 42.5 Å². The highest BCUT2D eigenvalue weighted by Crippen LogP contribution is 2.24. The molecule has 0 radical (unpaired) electrons. The van der Waals surface area contributed by atoms with Gasteiger partial charge >= 0.3 is 0 Å². The molecule has 3 aromatic rings. The fourth-order valence-corrected chi connectivity index (χ4v) is 3.27. The van der Waals surface area contributed by atoms with Crippen molar-refractivity contribution in [3.63, 3.8) is 0 Å². The molecule has 1 unspecified atom stereocenters. The van der Waals surface area contributed by atoms with Crippen LogP contribution in [0.3, 0.4) is 0 Å². The largest absolute Gasteiger partial charge is 0.348 e. The van der Waals surface area contributed by atoms with E-state index in [4.69, 9.17) is 4.98 Å². The number of carbonyl (C=O) groups is 1. The molecule has 0 saturated carbocycles. The maximum absolute atomic E-state index is 12.9. The second kappa shape index (κ2) is 9.65. The molecule has 5 nitrogen and oxygen atoms in total. The number of nitrogens with one attached hydrogen (secondary N) is 2. The summed E-state index contributed by atoms with van der Waals surface area (Å²) in [7, 11) is 0. The van der Waals surface area contributed by atoms with Gasteiger partial charge in [0.2, 0.25) is 0 Å². The van der Waals surface area contributed by atoms with Gasteiger partial charge in [-0.2, -0.15) is 0 Å². The number of halogens is 2. The molecule has 0 aliphatic carbocycles. The Morgan fingerprint density at radius 3 is 2.63 bits per heavy atom. The van der Waals surface area contributed by atoms with Crippen LogP contribution in [0.2, 0.25) is 0 Å². The van der Waals surface area contributed by atoms with E-state index in [9.17, 15) is 4.79 Å². The summed E-state index contributed by atoms with van der Waals surface area (Å²) in [6.45, 7) is 1.85. The first-order chi connectivity index (χ1) is 12.3. The number of hydrogen-bond donors (Lipinski definition) is 2. The summed E-state index contributed by atoms with van der Waals surface area (Å²) in [5.74, 6) is -0.0393. The lowest BCUT2D eigenvalue weighted by molar-refractivity contribution is 0.0932. The van der Waals surface area contributed by atoms with Gasteiger partial charge in [-0.25, -0.2) is 4.98 Å². The van der Waals surface area contributed by atoms with Crippen LogP contribution in [0.1, 0.15) is 23.2 Å². The topological polar surface area (TPSA) is 66.9 Å². The molecule has 0 spiro atoms. The molecule has 27 heavy (non-hydrogen) atoms. The quantitative estimate of drug-likeness (QED) is 0.699. The van der Waals surface area contributed by atoms with Gasteiger partial charge < -0.3 is 10.6 Å². The monoisotopic (exact) mass is 404 g/mol. The molecule has 1 aromatic carbocycles. The Hall–Kier alpha value is -2.21. The predicted molar refractivity (Wildman–Crippen MR) is 113 cm³/mol. The Balaban J connectivity index is 0.00000131. The summed E-state index contributed by atoms with van der Waals surface area (Å²) < 4.78 is 0. The van der Waals surface area contributed by atoms with Gasteiger partial charge in [0.15, 0.2) is 0 Å². The van der Waals surface area contributed by atoms with E-state index < -0.39 is 0 Å². The normalized spacial score (nSPS) is 16.1. The SMILES string of the molecule is Cl.Cl.O=C(NC1CCCNC1)c1cc(-c2ccncc2)nc2ccccc12. The predicted octanol–water partition coefficient (Wildman–Crippen LogP) is 3.62. The van der Waals surface area contributed by atoms with Crippen LogP contribution in [0.25, 0.3) is 22.2 Å². The maximum Gasteiger partial charge on any atom is 0.252 e. The van der Waals surface area contributed by atoms with Crippen LogP contribution in [0.5, 0.6) is 0 Å². The van der Waals surface area contributed by atoms with Crippen LogP contribution >= 0.6 is 24.8 Å². The molecule has 3 heterocycles. The lowest BCUT2D eigenvalue weighted by atomic mass is 10.0. The Morgan fingerprint density at radius 2 is 1.89 bits per heavy atom. The zero-order valence-corrected chi connectivity index (χ0v) is 16.4. The van der Waals surface area contributed by atoms with E-state index in [1.54, 1.807) is 12.4 Å². The molecule has 1 atom stereocenters. The van der Waals surface area contributed by atoms with E-state index in [2.05, 4.69) is 15.6 Å². The summed E-state index contributed by atoms with van der Waals surface area (Å²) in [4.78, 5) is 21.7. The van der Waals surface area contributed by atoms with Gasteiger partial charge in [-0.3, -0.25) is 9.78 Å². The minimum Gasteiger partial charge on any atom is -0.348 e. The van der Waals surface area contributed by atoms with Crippen molar-refractivity contribution in [2.24, 2.45) is 0 Å². The van der Waals surface area contributed by atoms with Crippen molar-refractivity contribution in [2.45, 2.75) is 18.9 Å². The van der Waals surface area contributed by atoms with Crippen molar-refractivity contribution in [1.82, 2.24) is 20.6 Å². The van der Waals surface area contributed by atoms with Crippen molar-refractivity contribution in [3.8, 4) is 11.3 Å². The summed E-state index contributed by atoms with van der Waals surface area (Å²) in [5.41, 5.74) is 3.23. The number of hydrogen-bond acceptors (Lipinski definition) is 4. The standard InChI is InChI=1S/C20H20N4O.2ClH/c25-20(23-15-4-3-9-22-13-15)17-12-19(14-7-10-21-11-8-14)24-18-6-2-1-5-16(17)18;;/h1-2,5-8,10-12,15,22H,3-4,9,13H2,(H,23,25);2*1H. The molecule has 1 aliphatic heterocycles. The third-order valence-electron chi connectivity index (χ3n) is 4.57. The van der Waals surface area contributed by atoms with Gasteiger partial charge in [0.25, 0.3) is 5.91 Å². The van der Waals surface area contributed by atoms with Gasteiger partial charge in [-0.05, 0) is 43.7 Å². The number of rotatable bonds is 3. The fourth-order valence-electron chi connectivity index (χ4n) is 3.27. The fraction of sp³-hybridized carbons (Fsp3) is 0.250. The van der Waals surface area contributed by atoms with Crippen LogP contribution in [0, 0.1) is 0 Å². The lowest BCUT2D eigenvalue weighted by Crippen LogP contribution is -2.45. The van der Waals surface area contributed by atoms with Crippen LogP contribution in [-0.4, -0.2) is 35.0 Å². The first kappa shape index (κ1) is 21.1. The van der Waals surface area contributed by atoms with Crippen LogP contribution in [-0.2, 0) is 0 Å². The number of carbonyl (C=O) groups excluding carboxylic acids is 1. The molecule has 4 rings (SSSR count). The Kier molecular flexibility index (Phi) is 7.54. The van der Waals surface area contributed by atoms with Crippen LogP contribution < -0.4 is 10.6 Å². The third-order valence-corrected chi connectivity index (χ3v) is 4.57. The molecule has 2 aromatic heterocycles. The number of amides is 1. The summed E-state index contributed by atoms with van der Waals surface area (Å²) in [6.07, 6.45) is 5.57. The second-order valence-electron chi connectivity index (χ2n) is 6.32. The van der Waals surface area contributed by atoms with Crippen LogP contribution in [0.4, 0.5) is 0 Å². The van der Waals surface area contributed by atoms with Gasteiger partial charge in [-0.1, -0.05) is 18.2 Å². The van der Waals surface area contributed by atoms with Gasteiger partial charge in [0, 0.05) is 35.9 Å². The van der Waals surface area contributed by atoms with Gasteiger partial charge in [0.05, 0.1) is 16.8 Å². The summed E-state index contributed by atoms with van der Waals surface area (Å²) in [5, 5.41) is 7.37. The first-order valence-corrected chi connectivity index (χ1v) is 8.63. The molecule has 2 N–H and O–H groups in total. The lowest BCUT2D eigenvalue weighted by Gasteiger charge is -2.24. The van der Waals surface area contributed by atoms with E-state index in [1.165, 1.54) is 0 Å². The highest BCUT2D eigenvalue weighted by atomic mass is 35.5. The number of pyridine rings is 2. The zero-order valence-electron chi connectivity index (χ0n) is 14.7. The molecular formula is C20H22Cl2N4O. The number of para-hydroxylation sites is 1. The molecular weight excluding hydrogens is 383 g/mol. The maximum atomic E-state index is 12.9. The highest BCUT2D eigenvalue weighted by molar-refractivity contribution is 6.07. The minimum absolute atomic E-state index is 0. The molecule has 7 heteroatoms. The van der Waals surface area contributed by atoms with Crippen molar-refractivity contribution in [3.05, 3.63) is 60.4 Å². The molecule has 1 saturated heterocycles. The average Bonchev–Trinajstić information content (AvgIpc) is 2.68. The molecule has 0 bridgehead atoms. The van der Waals surface area contributed by atoms with Gasteiger partial charge in [0.1, 0.15) is 0 Å². The van der Waals surface area contributed by atoms with Gasteiger partial charge in [-0.15, -0.1) is 24.8 Å². The number of benzene rings is 1. The Morgan fingerprint density at radius 1 is 1.11 bits per heavy atom. The summed E-state index contributed by atoms with van der Waals surface area (Å²) >= 11 is 0.